The number of nitrogens with zero attached hydrogens (tertiary/aromatic N) is 2. The van der Waals surface area contributed by atoms with E-state index in [-0.39, 0.29) is 5.56 Å². The van der Waals surface area contributed by atoms with Crippen molar-refractivity contribution in [1.29, 1.82) is 0 Å². The van der Waals surface area contributed by atoms with Crippen LogP contribution in [0.1, 0.15) is 6.92 Å². The van der Waals surface area contributed by atoms with Gasteiger partial charge in [-0.3, -0.25) is 4.79 Å². The Hall–Kier alpha value is -2.34. The molecule has 112 valence electrons. The van der Waals surface area contributed by atoms with Crippen LogP contribution < -0.4 is 15.6 Å². The number of anilines is 2. The van der Waals surface area contributed by atoms with Crippen molar-refractivity contribution in [2.45, 2.75) is 13.5 Å². The summed E-state index contributed by atoms with van der Waals surface area (Å²) in [4.78, 5) is 16.1. The Balaban J connectivity index is 2.05. The minimum atomic E-state index is -0.138. The van der Waals surface area contributed by atoms with Gasteiger partial charge in [-0.2, -0.15) is 0 Å². The van der Waals surface area contributed by atoms with Gasteiger partial charge in [-0.1, -0.05) is 0 Å². The van der Waals surface area contributed by atoms with Crippen LogP contribution in [0.25, 0.3) is 0 Å². The number of nitrogens with one attached hydrogen (secondary N) is 1. The average molecular weight is 289 g/mol. The van der Waals surface area contributed by atoms with Crippen molar-refractivity contribution in [1.82, 2.24) is 9.55 Å². The number of methoxy groups -OCH3 is 1. The van der Waals surface area contributed by atoms with Crippen molar-refractivity contribution in [3.63, 3.8) is 0 Å². The van der Waals surface area contributed by atoms with Crippen molar-refractivity contribution in [3.05, 3.63) is 47.0 Å². The van der Waals surface area contributed by atoms with Gasteiger partial charge in [0.25, 0.3) is 5.56 Å². The molecule has 0 atom stereocenters. The predicted octanol–water partition coefficient (Wildman–Crippen LogP) is 2.03. The molecule has 6 heteroatoms. The summed E-state index contributed by atoms with van der Waals surface area (Å²) in [6.45, 7) is 3.58. The number of hydrogen-bond donors (Lipinski definition) is 1. The zero-order valence-corrected chi connectivity index (χ0v) is 12.2. The van der Waals surface area contributed by atoms with Gasteiger partial charge in [0, 0.05) is 31.7 Å². The maximum atomic E-state index is 12.0. The normalized spacial score (nSPS) is 10.4. The molecule has 6 nitrogen and oxygen atoms in total. The second-order valence-electron chi connectivity index (χ2n) is 4.36. The zero-order valence-electron chi connectivity index (χ0n) is 12.2. The molecule has 21 heavy (non-hydrogen) atoms. The Morgan fingerprint density at radius 2 is 2.00 bits per heavy atom. The van der Waals surface area contributed by atoms with E-state index < -0.39 is 0 Å². The van der Waals surface area contributed by atoms with Crippen LogP contribution >= 0.6 is 0 Å². The van der Waals surface area contributed by atoms with Gasteiger partial charge in [0.15, 0.2) is 5.82 Å². The molecule has 0 aliphatic heterocycles. The van der Waals surface area contributed by atoms with Gasteiger partial charge in [0.05, 0.1) is 6.61 Å². The lowest BCUT2D eigenvalue weighted by molar-refractivity contribution is 0.146. The second-order valence-corrected chi connectivity index (χ2v) is 4.36. The first kappa shape index (κ1) is 15.1. The lowest BCUT2D eigenvalue weighted by Crippen LogP contribution is -2.22. The molecule has 0 saturated carbocycles. The Morgan fingerprint density at radius 1 is 1.24 bits per heavy atom. The molecular formula is C15H19N3O3. The Labute approximate surface area is 123 Å². The molecule has 1 aromatic carbocycles. The number of aromatic nitrogens is 2. The molecule has 0 bridgehead atoms. The van der Waals surface area contributed by atoms with E-state index in [1.165, 1.54) is 0 Å². The summed E-state index contributed by atoms with van der Waals surface area (Å²) in [5.41, 5.74) is 0.646. The fourth-order valence-corrected chi connectivity index (χ4v) is 1.80. The predicted molar refractivity (Wildman–Crippen MR) is 81.3 cm³/mol. The SMILES string of the molecule is CCn1ccnc(Nc2ccc(OCCOC)cc2)c1=O. The van der Waals surface area contributed by atoms with Crippen LogP contribution in [0.3, 0.4) is 0 Å². The topological polar surface area (TPSA) is 65.4 Å². The molecule has 1 aromatic heterocycles. The molecule has 1 N–H and O–H groups in total. The first-order chi connectivity index (χ1) is 10.2. The number of ether oxygens (including phenoxy) is 2. The van der Waals surface area contributed by atoms with E-state index in [0.29, 0.717) is 25.6 Å². The van der Waals surface area contributed by atoms with Gasteiger partial charge in [-0.05, 0) is 31.2 Å². The number of hydrogen-bond acceptors (Lipinski definition) is 5. The van der Waals surface area contributed by atoms with Gasteiger partial charge in [0.1, 0.15) is 12.4 Å². The van der Waals surface area contributed by atoms with Crippen LogP contribution in [0.2, 0.25) is 0 Å². The highest BCUT2D eigenvalue weighted by Gasteiger charge is 2.04. The van der Waals surface area contributed by atoms with Crippen LogP contribution in [0.5, 0.6) is 5.75 Å². The van der Waals surface area contributed by atoms with Crippen LogP contribution in [0.4, 0.5) is 11.5 Å². The first-order valence-corrected chi connectivity index (χ1v) is 6.79. The van der Waals surface area contributed by atoms with E-state index in [1.807, 2.05) is 31.2 Å². The van der Waals surface area contributed by atoms with Gasteiger partial charge in [-0.25, -0.2) is 4.98 Å². The summed E-state index contributed by atoms with van der Waals surface area (Å²) in [6, 6.07) is 7.34. The fraction of sp³-hybridized carbons (Fsp3) is 0.333. The van der Waals surface area contributed by atoms with E-state index in [1.54, 1.807) is 24.1 Å². The highest BCUT2D eigenvalue weighted by molar-refractivity contribution is 5.56. The van der Waals surface area contributed by atoms with E-state index >= 15 is 0 Å². The van der Waals surface area contributed by atoms with E-state index in [9.17, 15) is 4.79 Å². The second kappa shape index (κ2) is 7.44. The number of benzene rings is 1. The third-order valence-electron chi connectivity index (χ3n) is 2.93. The molecule has 1 heterocycles. The molecule has 0 spiro atoms. The van der Waals surface area contributed by atoms with Crippen molar-refractivity contribution < 1.29 is 9.47 Å². The molecule has 0 aliphatic carbocycles. The minimum absolute atomic E-state index is 0.138. The van der Waals surface area contributed by atoms with Crippen LogP contribution in [-0.4, -0.2) is 29.9 Å². The van der Waals surface area contributed by atoms with E-state index in [2.05, 4.69) is 10.3 Å². The Morgan fingerprint density at radius 3 is 2.67 bits per heavy atom. The highest BCUT2D eigenvalue weighted by atomic mass is 16.5. The molecule has 0 unspecified atom stereocenters. The molecule has 2 aromatic rings. The Kier molecular flexibility index (Phi) is 5.34. The van der Waals surface area contributed by atoms with Crippen LogP contribution in [-0.2, 0) is 11.3 Å². The van der Waals surface area contributed by atoms with E-state index in [0.717, 1.165) is 11.4 Å². The van der Waals surface area contributed by atoms with Crippen molar-refractivity contribution in [2.75, 3.05) is 25.6 Å². The lowest BCUT2D eigenvalue weighted by Gasteiger charge is -2.09. The maximum absolute atomic E-state index is 12.0. The third kappa shape index (κ3) is 4.06. The zero-order chi connectivity index (χ0) is 15.1. The van der Waals surface area contributed by atoms with Crippen LogP contribution in [0, 0.1) is 0 Å². The first-order valence-electron chi connectivity index (χ1n) is 6.79. The molecule has 0 saturated heterocycles. The van der Waals surface area contributed by atoms with Gasteiger partial charge < -0.3 is 19.4 Å². The smallest absolute Gasteiger partial charge is 0.293 e. The lowest BCUT2D eigenvalue weighted by atomic mass is 10.3. The average Bonchev–Trinajstić information content (AvgIpc) is 2.51. The molecule has 0 radical (unpaired) electrons. The number of rotatable bonds is 7. The summed E-state index contributed by atoms with van der Waals surface area (Å²) in [6.07, 6.45) is 3.27. The maximum Gasteiger partial charge on any atom is 0.293 e. The summed E-state index contributed by atoms with van der Waals surface area (Å²) in [5, 5.41) is 3.02. The fourth-order valence-electron chi connectivity index (χ4n) is 1.80. The van der Waals surface area contributed by atoms with E-state index in [4.69, 9.17) is 9.47 Å². The summed E-state index contributed by atoms with van der Waals surface area (Å²) in [5.74, 6) is 1.07. The molecule has 2 rings (SSSR count). The molecular weight excluding hydrogens is 270 g/mol. The largest absolute Gasteiger partial charge is 0.491 e. The monoisotopic (exact) mass is 289 g/mol. The molecule has 0 fully saturated rings. The third-order valence-corrected chi connectivity index (χ3v) is 2.93. The minimum Gasteiger partial charge on any atom is -0.491 e. The molecule has 0 amide bonds. The van der Waals surface area contributed by atoms with Crippen molar-refractivity contribution in [2.24, 2.45) is 0 Å². The summed E-state index contributed by atoms with van der Waals surface area (Å²) < 4.78 is 12.0. The van der Waals surface area contributed by atoms with Crippen molar-refractivity contribution >= 4 is 11.5 Å². The standard InChI is InChI=1S/C15H19N3O3/c1-3-18-9-8-16-14(15(18)19)17-12-4-6-13(7-5-12)21-11-10-20-2/h4-9H,3,10-11H2,1-2H3,(H,16,17). The van der Waals surface area contributed by atoms with Crippen LogP contribution in [0.15, 0.2) is 41.5 Å². The van der Waals surface area contributed by atoms with Crippen molar-refractivity contribution in [3.8, 4) is 5.75 Å². The molecule has 0 aliphatic rings. The van der Waals surface area contributed by atoms with Gasteiger partial charge in [-0.15, -0.1) is 0 Å². The van der Waals surface area contributed by atoms with Gasteiger partial charge >= 0.3 is 0 Å². The quantitative estimate of drug-likeness (QED) is 0.790. The summed E-state index contributed by atoms with van der Waals surface area (Å²) >= 11 is 0. The summed E-state index contributed by atoms with van der Waals surface area (Å²) in [7, 11) is 1.63. The highest BCUT2D eigenvalue weighted by Crippen LogP contribution is 2.17. The Bertz CT molecular complexity index is 623. The van der Waals surface area contributed by atoms with Gasteiger partial charge in [0.2, 0.25) is 0 Å². The number of aryl methyl sites for hydroxylation is 1.